The fraction of sp³-hybridized carbons (Fsp3) is 0.471. The van der Waals surface area contributed by atoms with E-state index in [1.807, 2.05) is 0 Å². The molecule has 0 aliphatic carbocycles. The molecular weight excluding hydrogens is 466 g/mol. The summed E-state index contributed by atoms with van der Waals surface area (Å²) >= 11 is 0.711. The van der Waals surface area contributed by atoms with Crippen LogP contribution in [0.2, 0.25) is 0 Å². The number of aromatic nitrogens is 2. The fourth-order valence-electron chi connectivity index (χ4n) is 2.48. The van der Waals surface area contributed by atoms with E-state index < -0.39 is 25.5 Å². The van der Waals surface area contributed by atoms with Crippen molar-refractivity contribution in [2.75, 3.05) is 36.3 Å². The lowest BCUT2D eigenvalue weighted by Crippen LogP contribution is -2.40. The molecule has 2 heterocycles. The number of hydrogen-bond acceptors (Lipinski definition) is 9. The number of nitrogens with one attached hydrogen (secondary N) is 2. The molecule has 1 aliphatic rings. The average molecular weight is 490 g/mol. The van der Waals surface area contributed by atoms with Crippen molar-refractivity contribution in [2.45, 2.75) is 30.0 Å². The fourth-order valence-corrected chi connectivity index (χ4v) is 5.85. The van der Waals surface area contributed by atoms with Crippen LogP contribution >= 0.6 is 11.3 Å². The van der Waals surface area contributed by atoms with Crippen molar-refractivity contribution < 1.29 is 26.4 Å². The van der Waals surface area contributed by atoms with Crippen LogP contribution < -0.4 is 10.0 Å². The summed E-state index contributed by atoms with van der Waals surface area (Å²) in [6.45, 7) is 6.33. The molecule has 0 spiro atoms. The van der Waals surface area contributed by atoms with Gasteiger partial charge in [0.05, 0.1) is 18.1 Å². The lowest BCUT2D eigenvalue weighted by molar-refractivity contribution is -0.123. The van der Waals surface area contributed by atoms with E-state index in [9.17, 15) is 21.6 Å². The molecule has 1 aromatic heterocycles. The SMILES string of the molecule is CC(C)(C)C(=O)Nc1nnc(S(=O)(=O)Nc2ccc(S(=O)(=O)N3CCOCC3)cc2)s1. The van der Waals surface area contributed by atoms with Crippen molar-refractivity contribution in [3.8, 4) is 0 Å². The predicted molar refractivity (Wildman–Crippen MR) is 115 cm³/mol. The maximum absolute atomic E-state index is 12.6. The van der Waals surface area contributed by atoms with Crippen LogP contribution in [0.1, 0.15) is 20.8 Å². The van der Waals surface area contributed by atoms with Gasteiger partial charge in [0.15, 0.2) is 0 Å². The average Bonchev–Trinajstić information content (AvgIpc) is 3.18. The van der Waals surface area contributed by atoms with Gasteiger partial charge >= 0.3 is 0 Å². The molecule has 1 saturated heterocycles. The summed E-state index contributed by atoms with van der Waals surface area (Å²) in [4.78, 5) is 12.1. The summed E-state index contributed by atoms with van der Waals surface area (Å²) in [5.74, 6) is -0.322. The van der Waals surface area contributed by atoms with Crippen molar-refractivity contribution >= 4 is 48.1 Å². The highest BCUT2D eigenvalue weighted by molar-refractivity contribution is 7.94. The first-order valence-corrected chi connectivity index (χ1v) is 13.0. The van der Waals surface area contributed by atoms with Gasteiger partial charge in [0, 0.05) is 24.2 Å². The van der Waals surface area contributed by atoms with Gasteiger partial charge in [-0.25, -0.2) is 8.42 Å². The number of rotatable bonds is 6. The van der Waals surface area contributed by atoms with E-state index in [2.05, 4.69) is 20.2 Å². The molecule has 0 radical (unpaired) electrons. The minimum atomic E-state index is -4.07. The highest BCUT2D eigenvalue weighted by Crippen LogP contribution is 2.25. The first-order chi connectivity index (χ1) is 14.4. The number of morpholine rings is 1. The maximum Gasteiger partial charge on any atom is 0.291 e. The second-order valence-electron chi connectivity index (χ2n) is 7.72. The van der Waals surface area contributed by atoms with Gasteiger partial charge in [0.2, 0.25) is 21.1 Å². The Morgan fingerprint density at radius 1 is 1.06 bits per heavy atom. The molecule has 2 N–H and O–H groups in total. The Balaban J connectivity index is 1.71. The molecule has 0 unspecified atom stereocenters. The van der Waals surface area contributed by atoms with Crippen molar-refractivity contribution in [3.05, 3.63) is 24.3 Å². The Morgan fingerprint density at radius 3 is 2.26 bits per heavy atom. The summed E-state index contributed by atoms with van der Waals surface area (Å²) in [5.41, 5.74) is -0.511. The van der Waals surface area contributed by atoms with E-state index in [4.69, 9.17) is 4.74 Å². The number of ether oxygens (including phenoxy) is 1. The standard InChI is InChI=1S/C17H23N5O6S3/c1-17(2,3)14(23)18-15-19-20-16(29-15)30(24,25)21-12-4-6-13(7-5-12)31(26,27)22-8-10-28-11-9-22/h4-7,21H,8-11H2,1-3H3,(H,18,19,23). The third-order valence-corrected chi connectivity index (χ3v) is 8.75. The third-order valence-electron chi connectivity index (χ3n) is 4.25. The number of nitrogens with zero attached hydrogens (tertiary/aromatic N) is 3. The molecule has 11 nitrogen and oxygen atoms in total. The van der Waals surface area contributed by atoms with Crippen LogP contribution in [0.25, 0.3) is 0 Å². The quantitative estimate of drug-likeness (QED) is 0.578. The molecule has 0 saturated carbocycles. The highest BCUT2D eigenvalue weighted by atomic mass is 32.2. The zero-order valence-electron chi connectivity index (χ0n) is 17.2. The maximum atomic E-state index is 12.6. The molecule has 0 bridgehead atoms. The topological polar surface area (TPSA) is 148 Å². The summed E-state index contributed by atoms with van der Waals surface area (Å²) in [7, 11) is -7.74. The smallest absolute Gasteiger partial charge is 0.291 e. The molecule has 2 aromatic rings. The number of hydrogen-bond donors (Lipinski definition) is 2. The monoisotopic (exact) mass is 489 g/mol. The van der Waals surface area contributed by atoms with Crippen LogP contribution in [0.15, 0.2) is 33.5 Å². The Hall–Kier alpha value is -2.13. The number of carbonyl (C=O) groups excluding carboxylic acids is 1. The van der Waals surface area contributed by atoms with Gasteiger partial charge < -0.3 is 10.1 Å². The van der Waals surface area contributed by atoms with Crippen molar-refractivity contribution in [3.63, 3.8) is 0 Å². The summed E-state index contributed by atoms with van der Waals surface area (Å²) in [5, 5.41) is 9.91. The number of carbonyl (C=O) groups is 1. The van der Waals surface area contributed by atoms with Crippen LogP contribution in [0.3, 0.4) is 0 Å². The largest absolute Gasteiger partial charge is 0.379 e. The lowest BCUT2D eigenvalue weighted by Gasteiger charge is -2.26. The molecule has 0 atom stereocenters. The van der Waals surface area contributed by atoms with E-state index >= 15 is 0 Å². The van der Waals surface area contributed by atoms with Gasteiger partial charge in [-0.05, 0) is 24.3 Å². The summed E-state index contributed by atoms with van der Waals surface area (Å²) in [6.07, 6.45) is 0. The third kappa shape index (κ3) is 5.57. The predicted octanol–water partition coefficient (Wildman–Crippen LogP) is 1.34. The van der Waals surface area contributed by atoms with Gasteiger partial charge in [-0.2, -0.15) is 12.7 Å². The zero-order valence-corrected chi connectivity index (χ0v) is 19.6. The molecule has 170 valence electrons. The normalized spacial score (nSPS) is 16.1. The molecule has 1 aliphatic heterocycles. The summed E-state index contributed by atoms with van der Waals surface area (Å²) in [6, 6.07) is 5.37. The van der Waals surface area contributed by atoms with E-state index in [1.54, 1.807) is 20.8 Å². The van der Waals surface area contributed by atoms with Crippen molar-refractivity contribution in [1.82, 2.24) is 14.5 Å². The van der Waals surface area contributed by atoms with E-state index in [-0.39, 0.29) is 39.1 Å². The highest BCUT2D eigenvalue weighted by Gasteiger charge is 2.27. The van der Waals surface area contributed by atoms with Crippen LogP contribution in [0.4, 0.5) is 10.8 Å². The van der Waals surface area contributed by atoms with E-state index in [0.717, 1.165) is 0 Å². The van der Waals surface area contributed by atoms with Crippen LogP contribution in [0, 0.1) is 5.41 Å². The van der Waals surface area contributed by atoms with Crippen LogP contribution in [0.5, 0.6) is 0 Å². The molecule has 14 heteroatoms. The number of benzene rings is 1. The van der Waals surface area contributed by atoms with Crippen LogP contribution in [-0.2, 0) is 29.6 Å². The number of sulfonamides is 2. The Bertz CT molecular complexity index is 1150. The van der Waals surface area contributed by atoms with Crippen LogP contribution in [-0.4, -0.2) is 63.5 Å². The number of amides is 1. The second-order valence-corrected chi connectivity index (χ2v) is 12.5. The molecule has 3 rings (SSSR count). The van der Waals surface area contributed by atoms with Crippen molar-refractivity contribution in [2.24, 2.45) is 5.41 Å². The van der Waals surface area contributed by atoms with Crippen molar-refractivity contribution in [1.29, 1.82) is 0 Å². The minimum Gasteiger partial charge on any atom is -0.379 e. The molecule has 31 heavy (non-hydrogen) atoms. The Labute approximate surface area is 184 Å². The number of anilines is 2. The molecule has 1 fully saturated rings. The van der Waals surface area contributed by atoms with Gasteiger partial charge in [-0.1, -0.05) is 32.1 Å². The Morgan fingerprint density at radius 2 is 1.68 bits per heavy atom. The Kier molecular flexibility index (Phi) is 6.67. The first-order valence-electron chi connectivity index (χ1n) is 9.25. The minimum absolute atomic E-state index is 0.0560. The van der Waals surface area contributed by atoms with E-state index in [0.29, 0.717) is 24.6 Å². The molecule has 1 aromatic carbocycles. The second kappa shape index (κ2) is 8.78. The van der Waals surface area contributed by atoms with Gasteiger partial charge in [-0.15, -0.1) is 10.2 Å². The molecule has 1 amide bonds. The van der Waals surface area contributed by atoms with Gasteiger partial charge in [0.1, 0.15) is 0 Å². The van der Waals surface area contributed by atoms with E-state index in [1.165, 1.54) is 28.6 Å². The van der Waals surface area contributed by atoms with Gasteiger partial charge in [-0.3, -0.25) is 9.52 Å². The zero-order chi connectivity index (χ0) is 22.9. The van der Waals surface area contributed by atoms with Gasteiger partial charge in [0.25, 0.3) is 14.4 Å². The lowest BCUT2D eigenvalue weighted by atomic mass is 9.96. The molecular formula is C17H23N5O6S3. The first kappa shape index (κ1) is 23.5. The summed E-state index contributed by atoms with van der Waals surface area (Å²) < 4.78 is 58.9.